The second-order valence-corrected chi connectivity index (χ2v) is 4.59. The van der Waals surface area contributed by atoms with Crippen molar-refractivity contribution in [2.75, 3.05) is 13.1 Å². The average Bonchev–Trinajstić information content (AvgIpc) is 2.75. The number of aromatic hydroxyl groups is 1. The quantitative estimate of drug-likeness (QED) is 0.659. The Morgan fingerprint density at radius 2 is 2.17 bits per heavy atom. The molecule has 1 aromatic heterocycles. The van der Waals surface area contributed by atoms with E-state index in [4.69, 9.17) is 0 Å². The number of phenols is 1. The fourth-order valence-corrected chi connectivity index (χ4v) is 2.00. The first-order valence-corrected chi connectivity index (χ1v) is 6.68. The highest BCUT2D eigenvalue weighted by Gasteiger charge is 2.02. The maximum absolute atomic E-state index is 9.38. The van der Waals surface area contributed by atoms with Crippen LogP contribution in [0.1, 0.15) is 32.0 Å². The van der Waals surface area contributed by atoms with Crippen molar-refractivity contribution >= 4 is 11.0 Å². The van der Waals surface area contributed by atoms with Crippen molar-refractivity contribution in [2.24, 2.45) is 0 Å². The summed E-state index contributed by atoms with van der Waals surface area (Å²) in [5.41, 5.74) is 1.81. The summed E-state index contributed by atoms with van der Waals surface area (Å²) >= 11 is 0. The van der Waals surface area contributed by atoms with Gasteiger partial charge in [-0.05, 0) is 25.1 Å². The predicted octanol–water partition coefficient (Wildman–Crippen LogP) is 2.59. The highest BCUT2D eigenvalue weighted by atomic mass is 16.3. The molecule has 2 aromatic rings. The molecule has 98 valence electrons. The van der Waals surface area contributed by atoms with Crippen molar-refractivity contribution in [1.82, 2.24) is 15.3 Å². The smallest absolute Gasteiger partial charge is 0.117 e. The fraction of sp³-hybridized carbons (Fsp3) is 0.500. The molecule has 0 bridgehead atoms. The SMILES string of the molecule is CCCCCNCCc1nc2ccc(O)cc2[nH]1. The lowest BCUT2D eigenvalue weighted by atomic mass is 10.2. The Morgan fingerprint density at radius 1 is 1.28 bits per heavy atom. The molecule has 1 heterocycles. The third kappa shape index (κ3) is 3.47. The molecule has 4 nitrogen and oxygen atoms in total. The third-order valence-electron chi connectivity index (χ3n) is 3.01. The van der Waals surface area contributed by atoms with Crippen molar-refractivity contribution in [3.8, 4) is 5.75 Å². The number of hydrogen-bond donors (Lipinski definition) is 3. The topological polar surface area (TPSA) is 60.9 Å². The van der Waals surface area contributed by atoms with Crippen molar-refractivity contribution in [2.45, 2.75) is 32.6 Å². The molecule has 18 heavy (non-hydrogen) atoms. The molecule has 0 saturated carbocycles. The second-order valence-electron chi connectivity index (χ2n) is 4.59. The largest absolute Gasteiger partial charge is 0.508 e. The minimum Gasteiger partial charge on any atom is -0.508 e. The first-order valence-electron chi connectivity index (χ1n) is 6.68. The molecule has 0 unspecified atom stereocenters. The predicted molar refractivity (Wildman–Crippen MR) is 73.9 cm³/mol. The maximum atomic E-state index is 9.38. The molecule has 0 fully saturated rings. The molecule has 0 aliphatic rings. The average molecular weight is 247 g/mol. The zero-order valence-electron chi connectivity index (χ0n) is 10.9. The highest BCUT2D eigenvalue weighted by molar-refractivity contribution is 5.76. The summed E-state index contributed by atoms with van der Waals surface area (Å²) in [6.45, 7) is 4.23. The number of unbranched alkanes of at least 4 members (excludes halogenated alkanes) is 2. The Hall–Kier alpha value is -1.55. The van der Waals surface area contributed by atoms with Crippen molar-refractivity contribution in [1.29, 1.82) is 0 Å². The highest BCUT2D eigenvalue weighted by Crippen LogP contribution is 2.17. The lowest BCUT2D eigenvalue weighted by molar-refractivity contribution is 0.476. The van der Waals surface area contributed by atoms with Crippen LogP contribution in [-0.4, -0.2) is 28.2 Å². The minimum atomic E-state index is 0.274. The van der Waals surface area contributed by atoms with Gasteiger partial charge in [-0.25, -0.2) is 4.98 Å². The Labute approximate surface area is 107 Å². The van der Waals surface area contributed by atoms with E-state index in [2.05, 4.69) is 22.2 Å². The molecule has 0 aliphatic heterocycles. The van der Waals surface area contributed by atoms with E-state index in [9.17, 15) is 5.11 Å². The van der Waals surface area contributed by atoms with Crippen molar-refractivity contribution < 1.29 is 5.11 Å². The van der Waals surface area contributed by atoms with Gasteiger partial charge in [0.25, 0.3) is 0 Å². The van der Waals surface area contributed by atoms with Gasteiger partial charge in [-0.2, -0.15) is 0 Å². The van der Waals surface area contributed by atoms with Gasteiger partial charge in [-0.1, -0.05) is 19.8 Å². The molecule has 0 aliphatic carbocycles. The van der Waals surface area contributed by atoms with E-state index < -0.39 is 0 Å². The molecule has 1 aromatic carbocycles. The monoisotopic (exact) mass is 247 g/mol. The number of imidazole rings is 1. The van der Waals surface area contributed by atoms with E-state index in [1.807, 2.05) is 6.07 Å². The van der Waals surface area contributed by atoms with Gasteiger partial charge < -0.3 is 15.4 Å². The van der Waals surface area contributed by atoms with Gasteiger partial charge in [-0.15, -0.1) is 0 Å². The van der Waals surface area contributed by atoms with Crippen LogP contribution in [0, 0.1) is 0 Å². The lowest BCUT2D eigenvalue weighted by Crippen LogP contribution is -2.18. The van der Waals surface area contributed by atoms with Gasteiger partial charge in [0.05, 0.1) is 11.0 Å². The fourth-order valence-electron chi connectivity index (χ4n) is 2.00. The van der Waals surface area contributed by atoms with Crippen LogP contribution in [0.5, 0.6) is 5.75 Å². The summed E-state index contributed by atoms with van der Waals surface area (Å²) in [7, 11) is 0. The van der Waals surface area contributed by atoms with Gasteiger partial charge in [0.15, 0.2) is 0 Å². The number of rotatable bonds is 7. The summed E-state index contributed by atoms with van der Waals surface area (Å²) < 4.78 is 0. The Morgan fingerprint density at radius 3 is 3.00 bits per heavy atom. The third-order valence-corrected chi connectivity index (χ3v) is 3.01. The van der Waals surface area contributed by atoms with Crippen molar-refractivity contribution in [3.05, 3.63) is 24.0 Å². The van der Waals surface area contributed by atoms with Crippen LogP contribution < -0.4 is 5.32 Å². The number of benzene rings is 1. The number of aromatic amines is 1. The Bertz CT molecular complexity index is 493. The maximum Gasteiger partial charge on any atom is 0.117 e. The van der Waals surface area contributed by atoms with E-state index in [0.29, 0.717) is 0 Å². The van der Waals surface area contributed by atoms with Gasteiger partial charge in [0, 0.05) is 19.0 Å². The first-order chi connectivity index (χ1) is 8.79. The summed E-state index contributed by atoms with van der Waals surface area (Å²) in [5.74, 6) is 1.24. The van der Waals surface area contributed by atoms with E-state index in [-0.39, 0.29) is 5.75 Å². The van der Waals surface area contributed by atoms with Crippen LogP contribution >= 0.6 is 0 Å². The second kappa shape index (κ2) is 6.40. The molecule has 4 heteroatoms. The van der Waals surface area contributed by atoms with Gasteiger partial charge in [-0.3, -0.25) is 0 Å². The molecule has 0 spiro atoms. The van der Waals surface area contributed by atoms with Gasteiger partial charge in [0.1, 0.15) is 11.6 Å². The van der Waals surface area contributed by atoms with E-state index in [1.54, 1.807) is 12.1 Å². The number of hydrogen-bond acceptors (Lipinski definition) is 3. The summed E-state index contributed by atoms with van der Waals surface area (Å²) in [6.07, 6.45) is 4.68. The van der Waals surface area contributed by atoms with Crippen LogP contribution in [0.15, 0.2) is 18.2 Å². The van der Waals surface area contributed by atoms with Crippen LogP contribution in [0.2, 0.25) is 0 Å². The Kier molecular flexibility index (Phi) is 4.59. The Balaban J connectivity index is 1.81. The van der Waals surface area contributed by atoms with Crippen LogP contribution in [0.25, 0.3) is 11.0 Å². The lowest BCUT2D eigenvalue weighted by Gasteiger charge is -2.01. The number of fused-ring (bicyclic) bond motifs is 1. The van der Waals surface area contributed by atoms with E-state index in [1.165, 1.54) is 19.3 Å². The first kappa shape index (κ1) is 12.9. The normalized spacial score (nSPS) is 11.2. The number of nitrogens with one attached hydrogen (secondary N) is 2. The van der Waals surface area contributed by atoms with Gasteiger partial charge in [0.2, 0.25) is 0 Å². The standard InChI is InChI=1S/C14H21N3O/c1-2-3-4-8-15-9-7-14-16-12-6-5-11(18)10-13(12)17-14/h5-6,10,15,18H,2-4,7-9H2,1H3,(H,16,17). The zero-order valence-corrected chi connectivity index (χ0v) is 10.9. The van der Waals surface area contributed by atoms with Crippen LogP contribution in [-0.2, 0) is 6.42 Å². The van der Waals surface area contributed by atoms with Gasteiger partial charge >= 0.3 is 0 Å². The molecule has 0 amide bonds. The molecule has 0 radical (unpaired) electrons. The molecule has 2 rings (SSSR count). The molecule has 0 saturated heterocycles. The van der Waals surface area contributed by atoms with E-state index >= 15 is 0 Å². The van der Waals surface area contributed by atoms with Crippen molar-refractivity contribution in [3.63, 3.8) is 0 Å². The zero-order chi connectivity index (χ0) is 12.8. The van der Waals surface area contributed by atoms with Crippen LogP contribution in [0.4, 0.5) is 0 Å². The summed E-state index contributed by atoms with van der Waals surface area (Å²) in [4.78, 5) is 7.71. The minimum absolute atomic E-state index is 0.274. The molecule has 0 atom stereocenters. The summed E-state index contributed by atoms with van der Waals surface area (Å²) in [5, 5.41) is 12.8. The molecular weight excluding hydrogens is 226 g/mol. The van der Waals surface area contributed by atoms with Crippen LogP contribution in [0.3, 0.4) is 0 Å². The molecular formula is C14H21N3O. The summed E-state index contributed by atoms with van der Waals surface area (Å²) in [6, 6.07) is 5.20. The number of nitrogens with zero attached hydrogens (tertiary/aromatic N) is 1. The number of H-pyrrole nitrogens is 1. The molecule has 3 N–H and O–H groups in total. The van der Waals surface area contributed by atoms with E-state index in [0.717, 1.165) is 36.4 Å². The number of phenolic OH excluding ortho intramolecular Hbond substituents is 1. The number of aromatic nitrogens is 2.